The molecule has 1 aromatic carbocycles. The van der Waals surface area contributed by atoms with Crippen LogP contribution in [0.3, 0.4) is 0 Å². The van der Waals surface area contributed by atoms with Crippen LogP contribution >= 0.6 is 0 Å². The van der Waals surface area contributed by atoms with Crippen molar-refractivity contribution in [1.29, 1.82) is 0 Å². The molecule has 0 aliphatic heterocycles. The van der Waals surface area contributed by atoms with Crippen molar-refractivity contribution in [2.45, 2.75) is 39.2 Å². The van der Waals surface area contributed by atoms with E-state index >= 15 is 0 Å². The van der Waals surface area contributed by atoms with Crippen LogP contribution in [-0.2, 0) is 4.79 Å². The fourth-order valence-corrected chi connectivity index (χ4v) is 2.88. The van der Waals surface area contributed by atoms with Crippen LogP contribution in [0, 0.1) is 17.8 Å². The lowest BCUT2D eigenvalue weighted by atomic mass is 9.73. The molecule has 2 rings (SSSR count). The number of benzene rings is 1. The summed E-state index contributed by atoms with van der Waals surface area (Å²) in [6.07, 6.45) is 3.16. The molecule has 0 bridgehead atoms. The molecule has 98 valence electrons. The molecule has 2 N–H and O–H groups in total. The van der Waals surface area contributed by atoms with Crippen LogP contribution < -0.4 is 5.73 Å². The van der Waals surface area contributed by atoms with E-state index in [1.165, 1.54) is 0 Å². The van der Waals surface area contributed by atoms with E-state index in [0.717, 1.165) is 30.7 Å². The predicted octanol–water partition coefficient (Wildman–Crippen LogP) is 3.33. The average Bonchev–Trinajstić information content (AvgIpc) is 2.41. The van der Waals surface area contributed by atoms with Gasteiger partial charge in [-0.15, -0.1) is 0 Å². The third-order valence-corrected chi connectivity index (χ3v) is 4.47. The average molecular weight is 245 g/mol. The monoisotopic (exact) mass is 245 g/mol. The molecule has 1 fully saturated rings. The van der Waals surface area contributed by atoms with Gasteiger partial charge in [-0.1, -0.05) is 44.2 Å². The van der Waals surface area contributed by atoms with Gasteiger partial charge in [-0.3, -0.25) is 4.79 Å². The number of nitrogens with two attached hydrogens (primary N) is 1. The highest BCUT2D eigenvalue weighted by atomic mass is 16.1. The zero-order chi connectivity index (χ0) is 13.1. The maximum atomic E-state index is 12.4. The van der Waals surface area contributed by atoms with E-state index in [4.69, 9.17) is 5.73 Å². The van der Waals surface area contributed by atoms with Gasteiger partial charge in [0, 0.05) is 5.92 Å². The van der Waals surface area contributed by atoms with E-state index in [0.29, 0.717) is 5.92 Å². The molecule has 1 aromatic rings. The Hall–Kier alpha value is -1.15. The predicted molar refractivity (Wildman–Crippen MR) is 74.0 cm³/mol. The highest BCUT2D eigenvalue weighted by molar-refractivity contribution is 5.87. The number of carbonyl (C=O) groups is 1. The Morgan fingerprint density at radius 2 is 1.83 bits per heavy atom. The van der Waals surface area contributed by atoms with Gasteiger partial charge in [-0.05, 0) is 36.7 Å². The quantitative estimate of drug-likeness (QED) is 0.887. The Kier molecular flexibility index (Phi) is 4.18. The second-order valence-electron chi connectivity index (χ2n) is 5.76. The second-order valence-corrected chi connectivity index (χ2v) is 5.76. The third-order valence-electron chi connectivity index (χ3n) is 4.47. The minimum absolute atomic E-state index is 0.159. The lowest BCUT2D eigenvalue weighted by Crippen LogP contribution is -2.33. The molecule has 0 amide bonds. The zero-order valence-corrected chi connectivity index (χ0v) is 11.3. The molecule has 1 aliphatic carbocycles. The van der Waals surface area contributed by atoms with Gasteiger partial charge in [0.05, 0.1) is 6.04 Å². The fourth-order valence-electron chi connectivity index (χ4n) is 2.88. The molecule has 1 aliphatic rings. The number of rotatable bonds is 3. The van der Waals surface area contributed by atoms with Gasteiger partial charge >= 0.3 is 0 Å². The van der Waals surface area contributed by atoms with Gasteiger partial charge in [0.15, 0.2) is 5.78 Å². The van der Waals surface area contributed by atoms with Crippen molar-refractivity contribution in [2.24, 2.45) is 23.5 Å². The van der Waals surface area contributed by atoms with Crippen LogP contribution in [0.5, 0.6) is 0 Å². The SMILES string of the molecule is CC1CCC(C(=O)[C@H](N)c2ccccc2)CC1C. The van der Waals surface area contributed by atoms with E-state index in [2.05, 4.69) is 13.8 Å². The van der Waals surface area contributed by atoms with Crippen LogP contribution in [0.4, 0.5) is 0 Å². The maximum Gasteiger partial charge on any atom is 0.157 e. The summed E-state index contributed by atoms with van der Waals surface area (Å²) >= 11 is 0. The molecule has 0 saturated heterocycles. The Morgan fingerprint density at radius 1 is 1.17 bits per heavy atom. The molecule has 18 heavy (non-hydrogen) atoms. The van der Waals surface area contributed by atoms with Crippen LogP contribution in [0.2, 0.25) is 0 Å². The first-order chi connectivity index (χ1) is 8.59. The standard InChI is InChI=1S/C16H23NO/c1-11-8-9-14(10-12(11)2)16(18)15(17)13-6-4-3-5-7-13/h3-7,11-12,14-15H,8-10,17H2,1-2H3/t11?,12?,14?,15-/m1/s1. The van der Waals surface area contributed by atoms with Crippen molar-refractivity contribution in [3.05, 3.63) is 35.9 Å². The number of ketones is 1. The van der Waals surface area contributed by atoms with E-state index in [9.17, 15) is 4.79 Å². The summed E-state index contributed by atoms with van der Waals surface area (Å²) in [6, 6.07) is 9.26. The third kappa shape index (κ3) is 2.81. The Balaban J connectivity index is 2.03. The van der Waals surface area contributed by atoms with Crippen molar-refractivity contribution in [3.63, 3.8) is 0 Å². The van der Waals surface area contributed by atoms with Crippen LogP contribution in [-0.4, -0.2) is 5.78 Å². The normalized spacial score (nSPS) is 29.8. The summed E-state index contributed by atoms with van der Waals surface area (Å²) in [6.45, 7) is 4.53. The van der Waals surface area contributed by atoms with E-state index in [1.54, 1.807) is 0 Å². The van der Waals surface area contributed by atoms with Gasteiger partial charge in [0.2, 0.25) is 0 Å². The first-order valence-electron chi connectivity index (χ1n) is 6.94. The molecule has 2 heteroatoms. The van der Waals surface area contributed by atoms with Crippen LogP contribution in [0.1, 0.15) is 44.7 Å². The minimum atomic E-state index is -0.447. The first-order valence-corrected chi connectivity index (χ1v) is 6.94. The van der Waals surface area contributed by atoms with Crippen molar-refractivity contribution in [1.82, 2.24) is 0 Å². The molecule has 4 atom stereocenters. The number of Topliss-reactive ketones (excluding diaryl/α,β-unsaturated/α-hetero) is 1. The number of hydrogen-bond acceptors (Lipinski definition) is 2. The second kappa shape index (κ2) is 5.66. The van der Waals surface area contributed by atoms with Gasteiger partial charge in [0.25, 0.3) is 0 Å². The van der Waals surface area contributed by atoms with Gasteiger partial charge in [0.1, 0.15) is 0 Å². The zero-order valence-electron chi connectivity index (χ0n) is 11.3. The minimum Gasteiger partial charge on any atom is -0.318 e. The summed E-state index contributed by atoms with van der Waals surface area (Å²) < 4.78 is 0. The number of carbonyl (C=O) groups excluding carboxylic acids is 1. The van der Waals surface area contributed by atoms with E-state index in [-0.39, 0.29) is 11.7 Å². The molecule has 0 spiro atoms. The first kappa shape index (κ1) is 13.3. The van der Waals surface area contributed by atoms with Gasteiger partial charge < -0.3 is 5.73 Å². The van der Waals surface area contributed by atoms with E-state index in [1.807, 2.05) is 30.3 Å². The molecule has 2 nitrogen and oxygen atoms in total. The lowest BCUT2D eigenvalue weighted by molar-refractivity contribution is -0.126. The summed E-state index contributed by atoms with van der Waals surface area (Å²) in [5.41, 5.74) is 7.04. The molecule has 0 aromatic heterocycles. The Morgan fingerprint density at radius 3 is 2.44 bits per heavy atom. The molecule has 0 heterocycles. The lowest BCUT2D eigenvalue weighted by Gasteiger charge is -2.32. The Bertz CT molecular complexity index is 401. The topological polar surface area (TPSA) is 43.1 Å². The highest BCUT2D eigenvalue weighted by Gasteiger charge is 2.31. The van der Waals surface area contributed by atoms with Crippen molar-refractivity contribution < 1.29 is 4.79 Å². The molecule has 3 unspecified atom stereocenters. The smallest absolute Gasteiger partial charge is 0.157 e. The van der Waals surface area contributed by atoms with E-state index < -0.39 is 6.04 Å². The number of hydrogen-bond donors (Lipinski definition) is 1. The van der Waals surface area contributed by atoms with Crippen molar-refractivity contribution in [2.75, 3.05) is 0 Å². The van der Waals surface area contributed by atoms with Gasteiger partial charge in [-0.25, -0.2) is 0 Å². The summed E-state index contributed by atoms with van der Waals surface area (Å²) in [7, 11) is 0. The molecule has 0 radical (unpaired) electrons. The summed E-state index contributed by atoms with van der Waals surface area (Å²) in [5.74, 6) is 1.75. The van der Waals surface area contributed by atoms with Gasteiger partial charge in [-0.2, -0.15) is 0 Å². The van der Waals surface area contributed by atoms with Crippen molar-refractivity contribution in [3.8, 4) is 0 Å². The highest BCUT2D eigenvalue weighted by Crippen LogP contribution is 2.35. The van der Waals surface area contributed by atoms with Crippen LogP contribution in [0.25, 0.3) is 0 Å². The fraction of sp³-hybridized carbons (Fsp3) is 0.562. The Labute approximate surface area is 110 Å². The molecular formula is C16H23NO. The molecule has 1 saturated carbocycles. The van der Waals surface area contributed by atoms with Crippen molar-refractivity contribution >= 4 is 5.78 Å². The van der Waals surface area contributed by atoms with Crippen LogP contribution in [0.15, 0.2) is 30.3 Å². The summed E-state index contributed by atoms with van der Waals surface area (Å²) in [5, 5.41) is 0. The maximum absolute atomic E-state index is 12.4. The summed E-state index contributed by atoms with van der Waals surface area (Å²) in [4.78, 5) is 12.4. The molecular weight excluding hydrogens is 222 g/mol. The largest absolute Gasteiger partial charge is 0.318 e.